The zero-order valence-corrected chi connectivity index (χ0v) is 9.09. The number of rotatable bonds is 1. The van der Waals surface area contributed by atoms with E-state index in [-0.39, 0.29) is 6.54 Å². The van der Waals surface area contributed by atoms with E-state index in [1.54, 1.807) is 20.8 Å². The van der Waals surface area contributed by atoms with Crippen LogP contribution in [0, 0.1) is 0 Å². The van der Waals surface area contributed by atoms with E-state index in [0.717, 1.165) is 4.90 Å². The monoisotopic (exact) mass is 222 g/mol. The average Bonchev–Trinajstić information content (AvgIpc) is 1.97. The van der Waals surface area contributed by atoms with E-state index < -0.39 is 30.2 Å². The fraction of sp³-hybridized carbons (Fsp3) is 0.889. The molecule has 4 nitrogen and oxygen atoms in total. The van der Waals surface area contributed by atoms with Crippen molar-refractivity contribution < 1.29 is 18.3 Å². The summed E-state index contributed by atoms with van der Waals surface area (Å²) in [5.74, 6) is -2.88. The minimum absolute atomic E-state index is 0.258. The Bertz CT molecular complexity index is 263. The summed E-state index contributed by atoms with van der Waals surface area (Å²) in [5, 5.41) is 0. The quantitative estimate of drug-likeness (QED) is 0.725. The molecule has 1 atom stereocenters. The number of nitrogens with two attached hydrogens (primary N) is 1. The Morgan fingerprint density at radius 2 is 2.13 bits per heavy atom. The Labute approximate surface area is 87.4 Å². The van der Waals surface area contributed by atoms with Crippen LogP contribution in [0.2, 0.25) is 0 Å². The van der Waals surface area contributed by atoms with Gasteiger partial charge in [0.05, 0.1) is 6.54 Å². The van der Waals surface area contributed by atoms with Gasteiger partial charge < -0.3 is 10.5 Å². The number of ether oxygens (including phenoxy) is 1. The smallest absolute Gasteiger partial charge is 0.410 e. The van der Waals surface area contributed by atoms with E-state index >= 15 is 0 Å². The molecule has 1 rings (SSSR count). The molecule has 0 aromatic carbocycles. The fourth-order valence-electron chi connectivity index (χ4n) is 1.37. The highest BCUT2D eigenvalue weighted by Crippen LogP contribution is 2.35. The Morgan fingerprint density at radius 1 is 1.60 bits per heavy atom. The summed E-state index contributed by atoms with van der Waals surface area (Å²) in [6.07, 6.45) is -0.733. The van der Waals surface area contributed by atoms with Gasteiger partial charge in [-0.15, -0.1) is 0 Å². The first-order chi connectivity index (χ1) is 6.67. The summed E-state index contributed by atoms with van der Waals surface area (Å²) < 4.78 is 30.8. The predicted octanol–water partition coefficient (Wildman–Crippen LogP) is 1.20. The molecule has 0 aromatic heterocycles. The molecule has 0 bridgehead atoms. The molecule has 2 N–H and O–H groups in total. The lowest BCUT2D eigenvalue weighted by Crippen LogP contribution is -2.69. The second kappa shape index (κ2) is 3.59. The van der Waals surface area contributed by atoms with Crippen molar-refractivity contribution in [1.82, 2.24) is 4.90 Å². The number of hydrogen-bond donors (Lipinski definition) is 1. The Kier molecular flexibility index (Phi) is 2.91. The van der Waals surface area contributed by atoms with Crippen LogP contribution in [-0.4, -0.2) is 41.6 Å². The number of hydrogen-bond acceptors (Lipinski definition) is 3. The van der Waals surface area contributed by atoms with Crippen LogP contribution in [-0.2, 0) is 4.74 Å². The number of nitrogens with zero attached hydrogens (tertiary/aromatic N) is 1. The van der Waals surface area contributed by atoms with Crippen LogP contribution in [0.4, 0.5) is 13.6 Å². The average molecular weight is 222 g/mol. The van der Waals surface area contributed by atoms with Crippen molar-refractivity contribution in [2.24, 2.45) is 5.73 Å². The van der Waals surface area contributed by atoms with Gasteiger partial charge in [0, 0.05) is 6.54 Å². The molecule has 6 heteroatoms. The van der Waals surface area contributed by atoms with Crippen molar-refractivity contribution >= 4 is 6.09 Å². The first-order valence-corrected chi connectivity index (χ1v) is 4.75. The summed E-state index contributed by atoms with van der Waals surface area (Å²) in [6, 6.07) is -1.23. The summed E-state index contributed by atoms with van der Waals surface area (Å²) >= 11 is 0. The van der Waals surface area contributed by atoms with E-state index in [1.807, 2.05) is 0 Å². The summed E-state index contributed by atoms with van der Waals surface area (Å²) in [5.41, 5.74) is 4.49. The Balaban J connectivity index is 2.57. The molecular weight excluding hydrogens is 206 g/mol. The number of likely N-dealkylation sites (tertiary alicyclic amines) is 1. The number of halogens is 2. The molecule has 0 radical (unpaired) electrons. The van der Waals surface area contributed by atoms with E-state index in [1.165, 1.54) is 0 Å². The maximum Gasteiger partial charge on any atom is 0.410 e. The SMILES string of the molecule is CC(C)(C)OC(=O)N1CC(F)(F)C1CN. The van der Waals surface area contributed by atoms with Gasteiger partial charge in [0.2, 0.25) is 0 Å². The molecule has 1 heterocycles. The summed E-state index contributed by atoms with van der Waals surface area (Å²) in [6.45, 7) is 4.18. The Hall–Kier alpha value is -0.910. The molecule has 0 saturated carbocycles. The number of alkyl halides is 2. The fourth-order valence-corrected chi connectivity index (χ4v) is 1.37. The second-order valence-electron chi connectivity index (χ2n) is 4.62. The normalized spacial score (nSPS) is 24.7. The van der Waals surface area contributed by atoms with Crippen molar-refractivity contribution in [2.45, 2.75) is 38.3 Å². The zero-order chi connectivity index (χ0) is 11.9. The van der Waals surface area contributed by atoms with Crippen LogP contribution in [0.15, 0.2) is 0 Å². The van der Waals surface area contributed by atoms with Crippen molar-refractivity contribution in [2.75, 3.05) is 13.1 Å². The van der Waals surface area contributed by atoms with Crippen molar-refractivity contribution in [1.29, 1.82) is 0 Å². The van der Waals surface area contributed by atoms with Gasteiger partial charge in [0.15, 0.2) is 0 Å². The number of carbonyl (C=O) groups excluding carboxylic acids is 1. The molecule has 1 aliphatic heterocycles. The van der Waals surface area contributed by atoms with Gasteiger partial charge >= 0.3 is 6.09 Å². The lowest BCUT2D eigenvalue weighted by molar-refractivity contribution is -0.170. The molecule has 1 unspecified atom stereocenters. The summed E-state index contributed by atoms with van der Waals surface area (Å²) in [7, 11) is 0. The number of amides is 1. The van der Waals surface area contributed by atoms with Gasteiger partial charge in [0.25, 0.3) is 5.92 Å². The maximum absolute atomic E-state index is 12.9. The third-order valence-electron chi connectivity index (χ3n) is 2.10. The van der Waals surface area contributed by atoms with E-state index in [9.17, 15) is 13.6 Å². The highest BCUT2D eigenvalue weighted by Gasteiger charge is 2.56. The second-order valence-corrected chi connectivity index (χ2v) is 4.62. The van der Waals surface area contributed by atoms with Crippen molar-refractivity contribution in [3.63, 3.8) is 0 Å². The van der Waals surface area contributed by atoms with Gasteiger partial charge in [0.1, 0.15) is 11.6 Å². The molecular formula is C9H16F2N2O2. The first-order valence-electron chi connectivity index (χ1n) is 4.75. The first kappa shape index (κ1) is 12.2. The van der Waals surface area contributed by atoms with Crippen molar-refractivity contribution in [3.05, 3.63) is 0 Å². The highest BCUT2D eigenvalue weighted by atomic mass is 19.3. The molecule has 1 fully saturated rings. The molecule has 0 aliphatic carbocycles. The van der Waals surface area contributed by atoms with Crippen LogP contribution in [0.3, 0.4) is 0 Å². The van der Waals surface area contributed by atoms with E-state index in [2.05, 4.69) is 0 Å². The van der Waals surface area contributed by atoms with Crippen molar-refractivity contribution in [3.8, 4) is 0 Å². The number of carbonyl (C=O) groups is 1. The van der Waals surface area contributed by atoms with E-state index in [4.69, 9.17) is 10.5 Å². The molecule has 0 aromatic rings. The highest BCUT2D eigenvalue weighted by molar-refractivity contribution is 5.70. The Morgan fingerprint density at radius 3 is 2.47 bits per heavy atom. The molecule has 15 heavy (non-hydrogen) atoms. The third-order valence-corrected chi connectivity index (χ3v) is 2.10. The van der Waals surface area contributed by atoms with Crippen LogP contribution in [0.1, 0.15) is 20.8 Å². The standard InChI is InChI=1S/C9H16F2N2O2/c1-8(2,3)15-7(14)13-5-9(10,11)6(13)4-12/h6H,4-5,12H2,1-3H3. The maximum atomic E-state index is 12.9. The van der Waals surface area contributed by atoms with E-state index in [0.29, 0.717) is 0 Å². The third kappa shape index (κ3) is 2.56. The lowest BCUT2D eigenvalue weighted by Gasteiger charge is -2.46. The minimum Gasteiger partial charge on any atom is -0.444 e. The van der Waals surface area contributed by atoms with Crippen LogP contribution < -0.4 is 5.73 Å². The van der Waals surface area contributed by atoms with Gasteiger partial charge in [-0.25, -0.2) is 13.6 Å². The molecule has 0 spiro atoms. The largest absolute Gasteiger partial charge is 0.444 e. The predicted molar refractivity (Wildman–Crippen MR) is 50.7 cm³/mol. The topological polar surface area (TPSA) is 55.6 Å². The molecule has 1 aliphatic rings. The van der Waals surface area contributed by atoms with Crippen LogP contribution in [0.5, 0.6) is 0 Å². The van der Waals surface area contributed by atoms with Crippen LogP contribution in [0.25, 0.3) is 0 Å². The van der Waals surface area contributed by atoms with Gasteiger partial charge in [-0.1, -0.05) is 0 Å². The zero-order valence-electron chi connectivity index (χ0n) is 9.09. The lowest BCUT2D eigenvalue weighted by atomic mass is 9.99. The van der Waals surface area contributed by atoms with Gasteiger partial charge in [-0.05, 0) is 20.8 Å². The molecule has 88 valence electrons. The molecule has 1 saturated heterocycles. The minimum atomic E-state index is -2.88. The summed E-state index contributed by atoms with van der Waals surface area (Å²) in [4.78, 5) is 12.4. The molecule has 1 amide bonds. The van der Waals surface area contributed by atoms with Crippen LogP contribution >= 0.6 is 0 Å². The van der Waals surface area contributed by atoms with Gasteiger partial charge in [-0.3, -0.25) is 4.90 Å². The van der Waals surface area contributed by atoms with Gasteiger partial charge in [-0.2, -0.15) is 0 Å².